The van der Waals surface area contributed by atoms with Gasteiger partial charge in [-0.3, -0.25) is 5.41 Å². The molecule has 0 fully saturated rings. The molecule has 0 bridgehead atoms. The third kappa shape index (κ3) is 5.71. The molecule has 0 spiro atoms. The van der Waals surface area contributed by atoms with Crippen LogP contribution < -0.4 is 15.1 Å². The van der Waals surface area contributed by atoms with Crippen molar-refractivity contribution in [3.8, 4) is 11.5 Å². The second kappa shape index (κ2) is 11.4. The predicted molar refractivity (Wildman–Crippen MR) is 126 cm³/mol. The molecule has 0 atom stereocenters. The van der Waals surface area contributed by atoms with Crippen molar-refractivity contribution in [2.45, 2.75) is 25.9 Å². The molecule has 0 radical (unpaired) electrons. The molecule has 0 aliphatic rings. The summed E-state index contributed by atoms with van der Waals surface area (Å²) < 4.78 is 28.5. The zero-order chi connectivity index (χ0) is 21.5. The van der Waals surface area contributed by atoms with E-state index >= 15 is 0 Å². The summed E-state index contributed by atoms with van der Waals surface area (Å²) in [5, 5.41) is 8.70. The standard InChI is InChI=1S/C25H26FN3O2.ClH/c26-20-12-14-22(15-13-20)31-19-7-17-29-24-11-5-4-10-23(24)28(25(29)27)16-6-18-30-21-8-2-1-3-9-21;/h1-5,8-15,27H,6-7,16-19H2;1H. The van der Waals surface area contributed by atoms with Crippen LogP contribution in [-0.2, 0) is 13.1 Å². The third-order valence-corrected chi connectivity index (χ3v) is 5.12. The first kappa shape index (κ1) is 23.4. The minimum atomic E-state index is -0.274. The summed E-state index contributed by atoms with van der Waals surface area (Å²) in [6, 6.07) is 23.9. The van der Waals surface area contributed by atoms with Crippen LogP contribution in [-0.4, -0.2) is 22.3 Å². The summed E-state index contributed by atoms with van der Waals surface area (Å²) >= 11 is 0. The molecule has 7 heteroatoms. The van der Waals surface area contributed by atoms with Crippen LogP contribution in [0, 0.1) is 11.2 Å². The largest absolute Gasteiger partial charge is 0.494 e. The van der Waals surface area contributed by atoms with Crippen molar-refractivity contribution in [3.63, 3.8) is 0 Å². The Balaban J connectivity index is 0.00000289. The lowest BCUT2D eigenvalue weighted by Gasteiger charge is -2.08. The molecule has 0 aliphatic carbocycles. The Morgan fingerprint density at radius 2 is 1.12 bits per heavy atom. The SMILES string of the molecule is Cl.N=c1n(CCCOc2ccccc2)c2ccccc2n1CCCOc1ccc(F)cc1. The van der Waals surface area contributed by atoms with E-state index in [0.29, 0.717) is 37.7 Å². The fourth-order valence-electron chi connectivity index (χ4n) is 3.62. The number of hydrogen-bond acceptors (Lipinski definition) is 3. The lowest BCUT2D eigenvalue weighted by atomic mass is 10.3. The summed E-state index contributed by atoms with van der Waals surface area (Å²) in [7, 11) is 0. The first-order valence-electron chi connectivity index (χ1n) is 10.5. The van der Waals surface area contributed by atoms with E-state index in [-0.39, 0.29) is 18.2 Å². The number of aromatic nitrogens is 2. The maximum absolute atomic E-state index is 13.0. The van der Waals surface area contributed by atoms with Crippen molar-refractivity contribution in [2.75, 3.05) is 13.2 Å². The van der Waals surface area contributed by atoms with E-state index in [1.807, 2.05) is 57.7 Å². The highest BCUT2D eigenvalue weighted by molar-refractivity contribution is 5.85. The third-order valence-electron chi connectivity index (χ3n) is 5.12. The number of benzene rings is 3. The highest BCUT2D eigenvalue weighted by atomic mass is 35.5. The van der Waals surface area contributed by atoms with E-state index in [9.17, 15) is 4.39 Å². The normalized spacial score (nSPS) is 10.7. The Bertz CT molecular complexity index is 1170. The van der Waals surface area contributed by atoms with Crippen molar-refractivity contribution in [1.29, 1.82) is 5.41 Å². The average molecular weight is 456 g/mol. The fourth-order valence-corrected chi connectivity index (χ4v) is 3.62. The first-order valence-corrected chi connectivity index (χ1v) is 10.5. The topological polar surface area (TPSA) is 52.2 Å². The van der Waals surface area contributed by atoms with E-state index in [4.69, 9.17) is 14.9 Å². The van der Waals surface area contributed by atoms with Crippen LogP contribution in [0.5, 0.6) is 11.5 Å². The van der Waals surface area contributed by atoms with Gasteiger partial charge in [0.05, 0.1) is 24.2 Å². The number of halogens is 2. The van der Waals surface area contributed by atoms with Gasteiger partial charge >= 0.3 is 0 Å². The van der Waals surface area contributed by atoms with Gasteiger partial charge in [0.2, 0.25) is 5.62 Å². The summed E-state index contributed by atoms with van der Waals surface area (Å²) in [5.74, 6) is 1.24. The van der Waals surface area contributed by atoms with Crippen LogP contribution in [0.1, 0.15) is 12.8 Å². The van der Waals surface area contributed by atoms with Gasteiger partial charge < -0.3 is 18.6 Å². The molecule has 5 nitrogen and oxygen atoms in total. The van der Waals surface area contributed by atoms with Crippen molar-refractivity contribution >= 4 is 23.4 Å². The lowest BCUT2D eigenvalue weighted by molar-refractivity contribution is 0.297. The molecule has 0 amide bonds. The van der Waals surface area contributed by atoms with Gasteiger partial charge in [-0.25, -0.2) is 4.39 Å². The highest BCUT2D eigenvalue weighted by Crippen LogP contribution is 2.15. The second-order valence-electron chi connectivity index (χ2n) is 7.29. The molecule has 4 rings (SSSR count). The number of rotatable bonds is 10. The Morgan fingerprint density at radius 1 is 0.656 bits per heavy atom. The van der Waals surface area contributed by atoms with Crippen LogP contribution >= 0.6 is 12.4 Å². The number of nitrogens with zero attached hydrogens (tertiary/aromatic N) is 2. The van der Waals surface area contributed by atoms with Crippen LogP contribution in [0.3, 0.4) is 0 Å². The van der Waals surface area contributed by atoms with Crippen LogP contribution in [0.15, 0.2) is 78.9 Å². The summed E-state index contributed by atoms with van der Waals surface area (Å²) in [4.78, 5) is 0. The van der Waals surface area contributed by atoms with Gasteiger partial charge in [-0.05, 0) is 61.4 Å². The molecule has 0 unspecified atom stereocenters. The summed E-state index contributed by atoms with van der Waals surface area (Å²) in [6.07, 6.45) is 1.56. The highest BCUT2D eigenvalue weighted by Gasteiger charge is 2.10. The fraction of sp³-hybridized carbons (Fsp3) is 0.240. The molecule has 0 saturated heterocycles. The Labute approximate surface area is 192 Å². The number of para-hydroxylation sites is 3. The van der Waals surface area contributed by atoms with E-state index in [0.717, 1.165) is 29.6 Å². The molecule has 3 aromatic carbocycles. The second-order valence-corrected chi connectivity index (χ2v) is 7.29. The van der Waals surface area contributed by atoms with E-state index in [1.54, 1.807) is 12.1 Å². The molecule has 0 saturated carbocycles. The molecule has 168 valence electrons. The van der Waals surface area contributed by atoms with Crippen LogP contribution in [0.25, 0.3) is 11.0 Å². The van der Waals surface area contributed by atoms with Crippen molar-refractivity contribution in [1.82, 2.24) is 9.13 Å². The maximum Gasteiger partial charge on any atom is 0.202 e. The zero-order valence-corrected chi connectivity index (χ0v) is 18.6. The quantitative estimate of drug-likeness (QED) is 0.324. The number of ether oxygens (including phenoxy) is 2. The van der Waals surface area contributed by atoms with Gasteiger partial charge in [0.25, 0.3) is 0 Å². The Kier molecular flexibility index (Phi) is 8.34. The number of fused-ring (bicyclic) bond motifs is 1. The molecule has 4 aromatic rings. The number of imidazole rings is 1. The van der Waals surface area contributed by atoms with Crippen molar-refractivity contribution in [3.05, 3.63) is 90.3 Å². The molecular weight excluding hydrogens is 429 g/mol. The van der Waals surface area contributed by atoms with E-state index in [2.05, 4.69) is 6.07 Å². The number of nitrogens with one attached hydrogen (secondary N) is 1. The lowest BCUT2D eigenvalue weighted by Crippen LogP contribution is -2.26. The predicted octanol–water partition coefficient (Wildman–Crippen LogP) is 5.42. The number of hydrogen-bond donors (Lipinski definition) is 1. The zero-order valence-electron chi connectivity index (χ0n) is 17.7. The van der Waals surface area contributed by atoms with Gasteiger partial charge in [-0.1, -0.05) is 30.3 Å². The van der Waals surface area contributed by atoms with Gasteiger partial charge in [-0.15, -0.1) is 12.4 Å². The molecule has 1 aromatic heterocycles. The molecule has 0 aliphatic heterocycles. The smallest absolute Gasteiger partial charge is 0.202 e. The van der Waals surface area contributed by atoms with E-state index < -0.39 is 0 Å². The summed E-state index contributed by atoms with van der Waals surface area (Å²) in [5.41, 5.74) is 2.56. The van der Waals surface area contributed by atoms with E-state index in [1.165, 1.54) is 12.1 Å². The van der Waals surface area contributed by atoms with Crippen molar-refractivity contribution < 1.29 is 13.9 Å². The van der Waals surface area contributed by atoms with Gasteiger partial charge in [0.1, 0.15) is 17.3 Å². The maximum atomic E-state index is 13.0. The van der Waals surface area contributed by atoms with Gasteiger partial charge in [-0.2, -0.15) is 0 Å². The monoisotopic (exact) mass is 455 g/mol. The Hall–Kier alpha value is -3.25. The van der Waals surface area contributed by atoms with Gasteiger partial charge in [0.15, 0.2) is 0 Å². The minimum Gasteiger partial charge on any atom is -0.494 e. The van der Waals surface area contributed by atoms with Crippen LogP contribution in [0.2, 0.25) is 0 Å². The molecule has 1 heterocycles. The minimum absolute atomic E-state index is 0. The molecule has 32 heavy (non-hydrogen) atoms. The van der Waals surface area contributed by atoms with Crippen molar-refractivity contribution in [2.24, 2.45) is 0 Å². The van der Waals surface area contributed by atoms with Crippen LogP contribution in [0.4, 0.5) is 4.39 Å². The summed E-state index contributed by atoms with van der Waals surface area (Å²) in [6.45, 7) is 2.49. The molecule has 1 N–H and O–H groups in total. The molecular formula is C25H27ClFN3O2. The average Bonchev–Trinajstić information content (AvgIpc) is 3.07. The Morgan fingerprint density at radius 3 is 1.66 bits per heavy atom. The first-order chi connectivity index (χ1) is 15.2. The number of aryl methyl sites for hydroxylation is 2. The van der Waals surface area contributed by atoms with Gasteiger partial charge in [0, 0.05) is 13.1 Å².